The number of nitrogens with zero attached hydrogens (tertiary/aromatic N) is 1. The second-order valence-electron chi connectivity index (χ2n) is 4.06. The van der Waals surface area contributed by atoms with Gasteiger partial charge in [0.1, 0.15) is 0 Å². The van der Waals surface area contributed by atoms with Crippen molar-refractivity contribution in [3.05, 3.63) is 10.6 Å². The number of hydrogen-bond acceptors (Lipinski definition) is 3. The highest BCUT2D eigenvalue weighted by Crippen LogP contribution is 2.21. The molecule has 0 aromatic heterocycles. The number of halogens is 2. The van der Waals surface area contributed by atoms with Gasteiger partial charge in [-0.2, -0.15) is 0 Å². The van der Waals surface area contributed by atoms with E-state index < -0.39 is 5.60 Å². The first-order valence-corrected chi connectivity index (χ1v) is 5.81. The van der Waals surface area contributed by atoms with Gasteiger partial charge in [0.25, 0.3) is 0 Å². The Bertz CT molecular complexity index is 227. The molecule has 0 spiro atoms. The van der Waals surface area contributed by atoms with Gasteiger partial charge in [0.15, 0.2) is 0 Å². The molecule has 1 aliphatic heterocycles. The Morgan fingerprint density at radius 1 is 1.53 bits per heavy atom. The van der Waals surface area contributed by atoms with Crippen LogP contribution in [-0.4, -0.2) is 49.0 Å². The Labute approximate surface area is 101 Å². The summed E-state index contributed by atoms with van der Waals surface area (Å²) in [6.07, 6.45) is 1.36. The largest absolute Gasteiger partial charge is 0.388 e. The molecule has 0 aromatic rings. The van der Waals surface area contributed by atoms with Crippen LogP contribution in [0.5, 0.6) is 0 Å². The fourth-order valence-corrected chi connectivity index (χ4v) is 2.03. The van der Waals surface area contributed by atoms with Crippen molar-refractivity contribution in [2.45, 2.75) is 18.4 Å². The average molecular weight is 254 g/mol. The summed E-state index contributed by atoms with van der Waals surface area (Å²) >= 11 is 11.3. The molecule has 3 nitrogen and oxygen atoms in total. The highest BCUT2D eigenvalue weighted by atomic mass is 35.5. The first-order chi connectivity index (χ1) is 7.06. The summed E-state index contributed by atoms with van der Waals surface area (Å²) in [7, 11) is 1.91. The maximum absolute atomic E-state index is 10.2. The van der Waals surface area contributed by atoms with Crippen LogP contribution >= 0.6 is 23.2 Å². The summed E-state index contributed by atoms with van der Waals surface area (Å²) in [5.41, 5.74) is 0.711. The minimum atomic E-state index is -0.642. The van der Waals surface area contributed by atoms with Crippen LogP contribution < -0.4 is 0 Å². The number of rotatable bonds is 4. The van der Waals surface area contributed by atoms with Gasteiger partial charge < -0.3 is 9.84 Å². The summed E-state index contributed by atoms with van der Waals surface area (Å²) < 4.78 is 5.21. The summed E-state index contributed by atoms with van der Waals surface area (Å²) in [6, 6.07) is 0. The average Bonchev–Trinajstić information content (AvgIpc) is 2.17. The minimum Gasteiger partial charge on any atom is -0.388 e. The lowest BCUT2D eigenvalue weighted by Gasteiger charge is -2.35. The third-order valence-electron chi connectivity index (χ3n) is 2.53. The van der Waals surface area contributed by atoms with Crippen LogP contribution in [0.4, 0.5) is 0 Å². The molecule has 1 N–H and O–H groups in total. The van der Waals surface area contributed by atoms with Crippen LogP contribution in [0.1, 0.15) is 12.8 Å². The van der Waals surface area contributed by atoms with E-state index in [-0.39, 0.29) is 0 Å². The molecule has 0 atom stereocenters. The summed E-state index contributed by atoms with van der Waals surface area (Å²) in [4.78, 5) is 1.96. The van der Waals surface area contributed by atoms with Crippen LogP contribution in [0.15, 0.2) is 10.6 Å². The molecule has 0 radical (unpaired) electrons. The lowest BCUT2D eigenvalue weighted by atomic mass is 9.94. The number of aliphatic hydroxyl groups is 1. The van der Waals surface area contributed by atoms with Gasteiger partial charge in [0.05, 0.1) is 5.60 Å². The molecule has 0 aromatic carbocycles. The van der Waals surface area contributed by atoms with E-state index in [4.69, 9.17) is 27.9 Å². The topological polar surface area (TPSA) is 32.7 Å². The highest BCUT2D eigenvalue weighted by Gasteiger charge is 2.30. The van der Waals surface area contributed by atoms with Crippen LogP contribution in [0.2, 0.25) is 0 Å². The zero-order valence-electron chi connectivity index (χ0n) is 8.88. The Kier molecular flexibility index (Phi) is 5.36. The monoisotopic (exact) mass is 253 g/mol. The second-order valence-corrected chi connectivity index (χ2v) is 4.77. The van der Waals surface area contributed by atoms with Crippen molar-refractivity contribution in [1.29, 1.82) is 0 Å². The first-order valence-electron chi connectivity index (χ1n) is 4.99. The van der Waals surface area contributed by atoms with Gasteiger partial charge in [-0.25, -0.2) is 0 Å². The van der Waals surface area contributed by atoms with E-state index >= 15 is 0 Å². The van der Waals surface area contributed by atoms with Crippen molar-refractivity contribution in [3.63, 3.8) is 0 Å². The normalized spacial score (nSPS) is 22.1. The van der Waals surface area contributed by atoms with E-state index in [9.17, 15) is 5.11 Å². The zero-order valence-corrected chi connectivity index (χ0v) is 10.4. The SMILES string of the molecule is CN(CC(Cl)=CCl)CC1(O)CCOCC1. The molecule has 88 valence electrons. The summed E-state index contributed by atoms with van der Waals surface area (Å²) in [5.74, 6) is 0. The molecule has 1 aliphatic rings. The Hall–Kier alpha value is 0.200. The molecular formula is C10H17Cl2NO2. The van der Waals surface area contributed by atoms with Gasteiger partial charge in [-0.05, 0) is 7.05 Å². The smallest absolute Gasteiger partial charge is 0.0817 e. The van der Waals surface area contributed by atoms with Gasteiger partial charge >= 0.3 is 0 Å². The van der Waals surface area contributed by atoms with Crippen molar-refractivity contribution >= 4 is 23.2 Å². The van der Waals surface area contributed by atoms with E-state index in [2.05, 4.69) is 0 Å². The molecule has 1 fully saturated rings. The number of hydrogen-bond donors (Lipinski definition) is 1. The van der Waals surface area contributed by atoms with Gasteiger partial charge in [-0.1, -0.05) is 23.2 Å². The van der Waals surface area contributed by atoms with E-state index in [1.165, 1.54) is 5.54 Å². The van der Waals surface area contributed by atoms with E-state index in [1.54, 1.807) is 0 Å². The molecule has 15 heavy (non-hydrogen) atoms. The van der Waals surface area contributed by atoms with Crippen molar-refractivity contribution in [2.75, 3.05) is 33.4 Å². The molecule has 1 rings (SSSR count). The number of ether oxygens (including phenoxy) is 1. The second kappa shape index (κ2) is 6.06. The fourth-order valence-electron chi connectivity index (χ4n) is 1.76. The molecule has 1 saturated heterocycles. The van der Waals surface area contributed by atoms with Crippen molar-refractivity contribution in [2.24, 2.45) is 0 Å². The zero-order chi connectivity index (χ0) is 11.3. The van der Waals surface area contributed by atoms with Gasteiger partial charge in [0, 0.05) is 49.7 Å². The first kappa shape index (κ1) is 13.3. The molecule has 0 saturated carbocycles. The Morgan fingerprint density at radius 3 is 2.67 bits per heavy atom. The minimum absolute atomic E-state index is 0.564. The standard InChI is InChI=1S/C10H17Cl2NO2/c1-13(7-9(12)6-11)8-10(14)2-4-15-5-3-10/h6,14H,2-5,7-8H2,1H3. The predicted molar refractivity (Wildman–Crippen MR) is 62.3 cm³/mol. The number of likely N-dealkylation sites (N-methyl/N-ethyl adjacent to an activating group) is 1. The summed E-state index contributed by atoms with van der Waals surface area (Å²) in [6.45, 7) is 2.42. The van der Waals surface area contributed by atoms with Gasteiger partial charge in [-0.15, -0.1) is 0 Å². The van der Waals surface area contributed by atoms with Gasteiger partial charge in [0.2, 0.25) is 0 Å². The van der Waals surface area contributed by atoms with Crippen LogP contribution in [0.3, 0.4) is 0 Å². The molecule has 0 unspecified atom stereocenters. The molecule has 1 heterocycles. The third-order valence-corrected chi connectivity index (χ3v) is 3.13. The van der Waals surface area contributed by atoms with E-state index in [0.29, 0.717) is 44.2 Å². The van der Waals surface area contributed by atoms with Crippen LogP contribution in [-0.2, 0) is 4.74 Å². The lowest BCUT2D eigenvalue weighted by molar-refractivity contribution is -0.0757. The maximum atomic E-state index is 10.2. The molecular weight excluding hydrogens is 237 g/mol. The van der Waals surface area contributed by atoms with Crippen LogP contribution in [0.25, 0.3) is 0 Å². The third kappa shape index (κ3) is 4.70. The van der Waals surface area contributed by atoms with E-state index in [0.717, 1.165) is 0 Å². The molecule has 0 amide bonds. The van der Waals surface area contributed by atoms with Crippen LogP contribution in [0, 0.1) is 0 Å². The quantitative estimate of drug-likeness (QED) is 0.830. The maximum Gasteiger partial charge on any atom is 0.0817 e. The predicted octanol–water partition coefficient (Wildman–Crippen LogP) is 1.78. The van der Waals surface area contributed by atoms with Crippen molar-refractivity contribution < 1.29 is 9.84 Å². The highest BCUT2D eigenvalue weighted by molar-refractivity contribution is 6.36. The molecule has 0 bridgehead atoms. The fraction of sp³-hybridized carbons (Fsp3) is 0.800. The Morgan fingerprint density at radius 2 is 2.13 bits per heavy atom. The van der Waals surface area contributed by atoms with E-state index in [1.807, 2.05) is 11.9 Å². The van der Waals surface area contributed by atoms with Gasteiger partial charge in [-0.3, -0.25) is 4.90 Å². The lowest BCUT2D eigenvalue weighted by Crippen LogP contribution is -2.45. The van der Waals surface area contributed by atoms with Crippen molar-refractivity contribution in [1.82, 2.24) is 4.90 Å². The Balaban J connectivity index is 2.38. The molecule has 5 heteroatoms. The summed E-state index contributed by atoms with van der Waals surface area (Å²) in [5, 5.41) is 10.8. The molecule has 0 aliphatic carbocycles. The van der Waals surface area contributed by atoms with Crippen molar-refractivity contribution in [3.8, 4) is 0 Å².